The normalized spacial score (nSPS) is 19.6. The number of carbonyl (C=O) groups excluding carboxylic acids is 2. The van der Waals surface area contributed by atoms with Crippen LogP contribution in [0.25, 0.3) is 10.8 Å². The van der Waals surface area contributed by atoms with Crippen molar-refractivity contribution in [3.05, 3.63) is 83.4 Å². The van der Waals surface area contributed by atoms with Gasteiger partial charge >= 0.3 is 6.03 Å². The van der Waals surface area contributed by atoms with Crippen molar-refractivity contribution in [1.29, 1.82) is 0 Å². The van der Waals surface area contributed by atoms with Crippen molar-refractivity contribution in [1.82, 2.24) is 10.2 Å². The van der Waals surface area contributed by atoms with Gasteiger partial charge in [0.15, 0.2) is 0 Å². The number of benzene rings is 3. The number of fused-ring (bicyclic) bond motifs is 1. The number of hydrogen-bond acceptors (Lipinski definition) is 2. The van der Waals surface area contributed by atoms with Gasteiger partial charge in [0.05, 0.1) is 6.54 Å². The molecule has 0 spiro atoms. The fourth-order valence-electron chi connectivity index (χ4n) is 3.44. The molecular weight excluding hydrogens is 350 g/mol. The van der Waals surface area contributed by atoms with E-state index in [0.717, 1.165) is 27.3 Å². The maximum Gasteiger partial charge on any atom is 0.325 e. The average molecular weight is 366 g/mol. The van der Waals surface area contributed by atoms with Crippen molar-refractivity contribution in [3.63, 3.8) is 0 Å². The monoisotopic (exact) mass is 366 g/mol. The molecular formula is C21H16F2N2O2. The number of nitrogens with zero attached hydrogens (tertiary/aromatic N) is 1. The molecule has 136 valence electrons. The number of urea groups is 1. The Labute approximate surface area is 154 Å². The summed E-state index contributed by atoms with van der Waals surface area (Å²) in [4.78, 5) is 26.4. The first-order chi connectivity index (χ1) is 12.9. The summed E-state index contributed by atoms with van der Waals surface area (Å²) in [6.07, 6.45) is 0. The van der Waals surface area contributed by atoms with E-state index in [1.807, 2.05) is 42.5 Å². The van der Waals surface area contributed by atoms with Crippen molar-refractivity contribution < 1.29 is 18.4 Å². The summed E-state index contributed by atoms with van der Waals surface area (Å²) < 4.78 is 27.4. The van der Waals surface area contributed by atoms with E-state index in [4.69, 9.17) is 0 Å². The van der Waals surface area contributed by atoms with Crippen LogP contribution in [0.15, 0.2) is 60.7 Å². The van der Waals surface area contributed by atoms with Crippen LogP contribution >= 0.6 is 0 Å². The van der Waals surface area contributed by atoms with E-state index in [1.165, 1.54) is 13.0 Å². The fraction of sp³-hybridized carbons (Fsp3) is 0.143. The second-order valence-corrected chi connectivity index (χ2v) is 6.75. The SMILES string of the molecule is CC1(c2ccc(F)cc2F)NC(=O)N(Cc2ccc3ccccc3c2)C1=O. The molecule has 6 heteroatoms. The largest absolute Gasteiger partial charge is 0.325 e. The van der Waals surface area contributed by atoms with Gasteiger partial charge in [-0.15, -0.1) is 0 Å². The van der Waals surface area contributed by atoms with Crippen LogP contribution < -0.4 is 5.32 Å². The molecule has 3 aromatic carbocycles. The summed E-state index contributed by atoms with van der Waals surface area (Å²) in [5.74, 6) is -2.20. The smallest absolute Gasteiger partial charge is 0.319 e. The second kappa shape index (κ2) is 6.16. The van der Waals surface area contributed by atoms with E-state index in [9.17, 15) is 18.4 Å². The third kappa shape index (κ3) is 2.83. The number of carbonyl (C=O) groups is 2. The zero-order chi connectivity index (χ0) is 19.2. The first kappa shape index (κ1) is 17.1. The molecule has 4 rings (SSSR count). The van der Waals surface area contributed by atoms with Crippen molar-refractivity contribution in [3.8, 4) is 0 Å². The summed E-state index contributed by atoms with van der Waals surface area (Å²) in [6.45, 7) is 1.48. The average Bonchev–Trinajstić information content (AvgIpc) is 2.85. The lowest BCUT2D eigenvalue weighted by atomic mass is 9.91. The molecule has 3 amide bonds. The highest BCUT2D eigenvalue weighted by atomic mass is 19.1. The van der Waals surface area contributed by atoms with Gasteiger partial charge in [-0.1, -0.05) is 42.5 Å². The van der Waals surface area contributed by atoms with Crippen LogP contribution in [0.5, 0.6) is 0 Å². The van der Waals surface area contributed by atoms with Gasteiger partial charge in [0.25, 0.3) is 5.91 Å². The zero-order valence-corrected chi connectivity index (χ0v) is 14.5. The Balaban J connectivity index is 1.66. The molecule has 4 nitrogen and oxygen atoms in total. The topological polar surface area (TPSA) is 49.4 Å². The molecule has 0 bridgehead atoms. The number of hydrogen-bond donors (Lipinski definition) is 1. The fourth-order valence-corrected chi connectivity index (χ4v) is 3.44. The van der Waals surface area contributed by atoms with E-state index in [1.54, 1.807) is 0 Å². The third-order valence-electron chi connectivity index (χ3n) is 4.90. The molecule has 1 aliphatic heterocycles. The molecule has 3 aromatic rings. The molecule has 1 unspecified atom stereocenters. The lowest BCUT2D eigenvalue weighted by Gasteiger charge is -2.22. The Morgan fingerprint density at radius 2 is 1.70 bits per heavy atom. The van der Waals surface area contributed by atoms with Crippen LogP contribution in [0.4, 0.5) is 13.6 Å². The lowest BCUT2D eigenvalue weighted by molar-refractivity contribution is -0.131. The van der Waals surface area contributed by atoms with Crippen molar-refractivity contribution in [2.24, 2.45) is 0 Å². The Morgan fingerprint density at radius 1 is 0.963 bits per heavy atom. The number of nitrogens with one attached hydrogen (secondary N) is 1. The van der Waals surface area contributed by atoms with E-state index in [2.05, 4.69) is 5.32 Å². The molecule has 0 aliphatic carbocycles. The van der Waals surface area contributed by atoms with E-state index in [0.29, 0.717) is 6.07 Å². The van der Waals surface area contributed by atoms with E-state index in [-0.39, 0.29) is 12.1 Å². The van der Waals surface area contributed by atoms with Gasteiger partial charge < -0.3 is 5.32 Å². The van der Waals surface area contributed by atoms with Gasteiger partial charge in [0.2, 0.25) is 0 Å². The molecule has 0 aromatic heterocycles. The Bertz CT molecular complexity index is 1080. The quantitative estimate of drug-likeness (QED) is 0.710. The van der Waals surface area contributed by atoms with E-state index < -0.39 is 29.1 Å². The van der Waals surface area contributed by atoms with Crippen molar-refractivity contribution in [2.75, 3.05) is 0 Å². The maximum atomic E-state index is 14.2. The molecule has 1 heterocycles. The van der Waals surface area contributed by atoms with Crippen LogP contribution in [0.2, 0.25) is 0 Å². The molecule has 0 saturated carbocycles. The number of halogens is 2. The van der Waals surface area contributed by atoms with E-state index >= 15 is 0 Å². The Morgan fingerprint density at radius 3 is 2.44 bits per heavy atom. The third-order valence-corrected chi connectivity index (χ3v) is 4.90. The summed E-state index contributed by atoms with van der Waals surface area (Å²) in [5, 5.41) is 4.59. The summed E-state index contributed by atoms with van der Waals surface area (Å²) >= 11 is 0. The first-order valence-corrected chi connectivity index (χ1v) is 8.46. The summed E-state index contributed by atoms with van der Waals surface area (Å²) in [7, 11) is 0. The maximum absolute atomic E-state index is 14.2. The first-order valence-electron chi connectivity index (χ1n) is 8.46. The molecule has 1 saturated heterocycles. The van der Waals surface area contributed by atoms with Crippen LogP contribution in [0.1, 0.15) is 18.1 Å². The minimum atomic E-state index is -1.58. The molecule has 1 N–H and O–H groups in total. The Kier molecular flexibility index (Phi) is 3.91. The van der Waals surface area contributed by atoms with Gasteiger partial charge in [-0.2, -0.15) is 0 Å². The van der Waals surface area contributed by atoms with Gasteiger partial charge in [-0.3, -0.25) is 9.69 Å². The predicted octanol–water partition coefficient (Wildman–Crippen LogP) is 4.09. The lowest BCUT2D eigenvalue weighted by Crippen LogP contribution is -2.41. The number of amides is 3. The summed E-state index contributed by atoms with van der Waals surface area (Å²) in [6, 6.07) is 15.8. The molecule has 27 heavy (non-hydrogen) atoms. The Hall–Kier alpha value is -3.28. The van der Waals surface area contributed by atoms with Crippen LogP contribution in [-0.4, -0.2) is 16.8 Å². The molecule has 1 atom stereocenters. The number of rotatable bonds is 3. The van der Waals surface area contributed by atoms with Gasteiger partial charge in [-0.05, 0) is 35.4 Å². The predicted molar refractivity (Wildman–Crippen MR) is 96.7 cm³/mol. The highest BCUT2D eigenvalue weighted by Crippen LogP contribution is 2.32. The van der Waals surface area contributed by atoms with Crippen LogP contribution in [0, 0.1) is 11.6 Å². The van der Waals surface area contributed by atoms with Crippen molar-refractivity contribution >= 4 is 22.7 Å². The molecule has 1 aliphatic rings. The highest BCUT2D eigenvalue weighted by Gasteiger charge is 2.50. The number of imide groups is 1. The summed E-state index contributed by atoms with van der Waals surface area (Å²) in [5.41, 5.74) is -0.865. The van der Waals surface area contributed by atoms with Crippen LogP contribution in [0.3, 0.4) is 0 Å². The highest BCUT2D eigenvalue weighted by molar-refractivity contribution is 6.07. The van der Waals surface area contributed by atoms with Crippen molar-refractivity contribution in [2.45, 2.75) is 19.0 Å². The van der Waals surface area contributed by atoms with Crippen LogP contribution in [-0.2, 0) is 16.9 Å². The molecule has 1 fully saturated rings. The van der Waals surface area contributed by atoms with Gasteiger partial charge in [-0.25, -0.2) is 13.6 Å². The van der Waals surface area contributed by atoms with Gasteiger partial charge in [0, 0.05) is 11.6 Å². The second-order valence-electron chi connectivity index (χ2n) is 6.75. The van der Waals surface area contributed by atoms with Gasteiger partial charge in [0.1, 0.15) is 17.2 Å². The minimum absolute atomic E-state index is 0.0634. The zero-order valence-electron chi connectivity index (χ0n) is 14.5. The minimum Gasteiger partial charge on any atom is -0.319 e. The molecule has 0 radical (unpaired) electrons. The standard InChI is InChI=1S/C21H16F2N2O2/c1-21(17-9-8-16(22)11-18(17)23)19(26)25(20(27)24-21)12-13-6-7-14-4-2-3-5-15(14)10-13/h2-11H,12H2,1H3,(H,24,27).